The van der Waals surface area contributed by atoms with Crippen LogP contribution in [0.3, 0.4) is 0 Å². The van der Waals surface area contributed by atoms with E-state index in [1.54, 1.807) is 11.8 Å². The number of carbonyl (C=O) groups is 2. The molecule has 1 aliphatic heterocycles. The summed E-state index contributed by atoms with van der Waals surface area (Å²) in [5.41, 5.74) is 2.83. The van der Waals surface area contributed by atoms with Crippen molar-refractivity contribution in [2.45, 2.75) is 57.6 Å². The van der Waals surface area contributed by atoms with Gasteiger partial charge in [0, 0.05) is 13.0 Å². The molecule has 1 aliphatic carbocycles. The summed E-state index contributed by atoms with van der Waals surface area (Å²) in [6, 6.07) is 15.9. The lowest BCUT2D eigenvalue weighted by Crippen LogP contribution is -2.48. The van der Waals surface area contributed by atoms with Crippen molar-refractivity contribution in [1.29, 1.82) is 0 Å². The molecule has 2 aliphatic rings. The maximum atomic E-state index is 12.9. The predicted octanol–water partition coefficient (Wildman–Crippen LogP) is 4.08. The van der Waals surface area contributed by atoms with Crippen molar-refractivity contribution in [1.82, 2.24) is 5.32 Å². The van der Waals surface area contributed by atoms with Gasteiger partial charge in [0.1, 0.15) is 5.75 Å². The van der Waals surface area contributed by atoms with Crippen molar-refractivity contribution in [3.8, 4) is 5.75 Å². The van der Waals surface area contributed by atoms with Crippen molar-refractivity contribution in [3.05, 3.63) is 59.7 Å². The van der Waals surface area contributed by atoms with Crippen LogP contribution >= 0.6 is 0 Å². The van der Waals surface area contributed by atoms with E-state index in [0.717, 1.165) is 31.4 Å². The summed E-state index contributed by atoms with van der Waals surface area (Å²) in [6.07, 6.45) is 3.86. The van der Waals surface area contributed by atoms with Gasteiger partial charge in [-0.25, -0.2) is 0 Å². The molecule has 29 heavy (non-hydrogen) atoms. The lowest BCUT2D eigenvalue weighted by atomic mass is 9.87. The third kappa shape index (κ3) is 3.86. The van der Waals surface area contributed by atoms with Gasteiger partial charge < -0.3 is 15.0 Å². The van der Waals surface area contributed by atoms with Crippen LogP contribution in [-0.4, -0.2) is 24.5 Å². The fourth-order valence-corrected chi connectivity index (χ4v) is 4.54. The monoisotopic (exact) mass is 392 g/mol. The summed E-state index contributed by atoms with van der Waals surface area (Å²) in [7, 11) is 0. The minimum absolute atomic E-state index is 0.0159. The van der Waals surface area contributed by atoms with Crippen LogP contribution < -0.4 is 15.0 Å². The molecule has 1 saturated carbocycles. The van der Waals surface area contributed by atoms with E-state index < -0.39 is 6.10 Å². The average Bonchev–Trinajstić information content (AvgIpc) is 3.18. The van der Waals surface area contributed by atoms with Crippen LogP contribution in [0.5, 0.6) is 5.75 Å². The second kappa shape index (κ2) is 7.90. The standard InChI is InChI=1S/C24H28N2O3/c1-17-8-7-9-19(16-17)24(13-5-6-14-24)25-22(27)12-15-26-20-10-3-4-11-21(20)29-18(2)23(26)28/h3-4,7-11,16,18H,5-6,12-15H2,1-2H3,(H,25,27)/t18-/m0/s1. The fraction of sp³-hybridized carbons (Fsp3) is 0.417. The van der Waals surface area contributed by atoms with E-state index in [1.807, 2.05) is 24.3 Å². The van der Waals surface area contributed by atoms with Crippen molar-refractivity contribution in [2.24, 2.45) is 0 Å². The number of hydrogen-bond acceptors (Lipinski definition) is 3. The molecule has 0 aromatic heterocycles. The Morgan fingerprint density at radius 3 is 2.69 bits per heavy atom. The number of anilines is 1. The lowest BCUT2D eigenvalue weighted by molar-refractivity contribution is -0.126. The van der Waals surface area contributed by atoms with E-state index in [-0.39, 0.29) is 23.8 Å². The molecular formula is C24H28N2O3. The third-order valence-electron chi connectivity index (χ3n) is 6.04. The molecule has 1 N–H and O–H groups in total. The Kier molecular flexibility index (Phi) is 5.31. The fourth-order valence-electron chi connectivity index (χ4n) is 4.54. The molecule has 0 unspecified atom stereocenters. The van der Waals surface area contributed by atoms with E-state index in [2.05, 4.69) is 36.5 Å². The largest absolute Gasteiger partial charge is 0.479 e. The van der Waals surface area contributed by atoms with Crippen molar-refractivity contribution in [2.75, 3.05) is 11.4 Å². The lowest BCUT2D eigenvalue weighted by Gasteiger charge is -2.34. The highest BCUT2D eigenvalue weighted by Crippen LogP contribution is 2.39. The first kappa shape index (κ1) is 19.5. The van der Waals surface area contributed by atoms with Gasteiger partial charge in [0.2, 0.25) is 5.91 Å². The van der Waals surface area contributed by atoms with E-state index in [0.29, 0.717) is 12.3 Å². The quantitative estimate of drug-likeness (QED) is 0.834. The first-order chi connectivity index (χ1) is 14.0. The number of rotatable bonds is 5. The molecule has 5 heteroatoms. The van der Waals surface area contributed by atoms with E-state index >= 15 is 0 Å². The third-order valence-corrected chi connectivity index (χ3v) is 6.04. The number of carbonyl (C=O) groups excluding carboxylic acids is 2. The van der Waals surface area contributed by atoms with Gasteiger partial charge in [-0.1, -0.05) is 54.8 Å². The molecule has 0 saturated heterocycles. The molecule has 5 nitrogen and oxygen atoms in total. The topological polar surface area (TPSA) is 58.6 Å². The molecule has 152 valence electrons. The average molecular weight is 392 g/mol. The van der Waals surface area contributed by atoms with Gasteiger partial charge in [-0.2, -0.15) is 0 Å². The number of nitrogens with one attached hydrogen (secondary N) is 1. The normalized spacial score (nSPS) is 20.1. The Bertz CT molecular complexity index is 918. The minimum atomic E-state index is -0.540. The highest BCUT2D eigenvalue weighted by Gasteiger charge is 2.37. The first-order valence-electron chi connectivity index (χ1n) is 10.4. The van der Waals surface area contributed by atoms with Crippen LogP contribution in [0.1, 0.15) is 50.2 Å². The number of hydrogen-bond donors (Lipinski definition) is 1. The number of ether oxygens (including phenoxy) is 1. The summed E-state index contributed by atoms with van der Waals surface area (Å²) >= 11 is 0. The Hall–Kier alpha value is -2.82. The molecular weight excluding hydrogens is 364 g/mol. The molecule has 0 bridgehead atoms. The van der Waals surface area contributed by atoms with E-state index in [1.165, 1.54) is 11.1 Å². The molecule has 2 aromatic carbocycles. The predicted molar refractivity (Wildman–Crippen MR) is 113 cm³/mol. The molecule has 0 radical (unpaired) electrons. The SMILES string of the molecule is Cc1cccc(C2(NC(=O)CCN3C(=O)[C@H](C)Oc4ccccc43)CCCC2)c1. The van der Waals surface area contributed by atoms with E-state index in [4.69, 9.17) is 4.74 Å². The van der Waals surface area contributed by atoms with E-state index in [9.17, 15) is 9.59 Å². The molecule has 2 amide bonds. The molecule has 4 rings (SSSR count). The van der Waals surface area contributed by atoms with Gasteiger partial charge in [-0.3, -0.25) is 9.59 Å². The molecule has 2 aromatic rings. The summed E-state index contributed by atoms with van der Waals surface area (Å²) in [4.78, 5) is 27.2. The number of amides is 2. The first-order valence-corrected chi connectivity index (χ1v) is 10.4. The van der Waals surface area contributed by atoms with Crippen LogP contribution in [0.25, 0.3) is 0 Å². The number of para-hydroxylation sites is 2. The Balaban J connectivity index is 1.48. The summed E-state index contributed by atoms with van der Waals surface area (Å²) in [6.45, 7) is 4.17. The summed E-state index contributed by atoms with van der Waals surface area (Å²) in [5.74, 6) is 0.565. The molecule has 1 fully saturated rings. The van der Waals surface area contributed by atoms with Crippen molar-refractivity contribution < 1.29 is 14.3 Å². The molecule has 1 atom stereocenters. The number of nitrogens with zero attached hydrogens (tertiary/aromatic N) is 1. The molecule has 1 heterocycles. The zero-order valence-electron chi connectivity index (χ0n) is 17.1. The van der Waals surface area contributed by atoms with Crippen LogP contribution in [0, 0.1) is 6.92 Å². The highest BCUT2D eigenvalue weighted by molar-refractivity contribution is 6.00. The van der Waals surface area contributed by atoms with Gasteiger partial charge in [0.25, 0.3) is 5.91 Å². The van der Waals surface area contributed by atoms with Gasteiger partial charge in [-0.15, -0.1) is 0 Å². The van der Waals surface area contributed by atoms with Gasteiger partial charge in [-0.05, 0) is 44.4 Å². The van der Waals surface area contributed by atoms with Gasteiger partial charge >= 0.3 is 0 Å². The van der Waals surface area contributed by atoms with Crippen LogP contribution in [0.2, 0.25) is 0 Å². The van der Waals surface area contributed by atoms with Crippen LogP contribution in [0.15, 0.2) is 48.5 Å². The number of benzene rings is 2. The molecule has 0 spiro atoms. The maximum absolute atomic E-state index is 12.9. The highest BCUT2D eigenvalue weighted by atomic mass is 16.5. The Morgan fingerprint density at radius 2 is 1.93 bits per heavy atom. The second-order valence-electron chi connectivity index (χ2n) is 8.17. The Morgan fingerprint density at radius 1 is 1.17 bits per heavy atom. The maximum Gasteiger partial charge on any atom is 0.267 e. The summed E-state index contributed by atoms with van der Waals surface area (Å²) in [5, 5.41) is 3.32. The number of aryl methyl sites for hydroxylation is 1. The van der Waals surface area contributed by atoms with Crippen LogP contribution in [0.4, 0.5) is 5.69 Å². The summed E-state index contributed by atoms with van der Waals surface area (Å²) < 4.78 is 5.68. The van der Waals surface area contributed by atoms with Crippen molar-refractivity contribution >= 4 is 17.5 Å². The van der Waals surface area contributed by atoms with Gasteiger partial charge in [0.05, 0.1) is 11.2 Å². The van der Waals surface area contributed by atoms with Gasteiger partial charge in [0.15, 0.2) is 6.10 Å². The zero-order chi connectivity index (χ0) is 20.4. The van der Waals surface area contributed by atoms with Crippen LogP contribution in [-0.2, 0) is 15.1 Å². The zero-order valence-corrected chi connectivity index (χ0v) is 17.1. The smallest absolute Gasteiger partial charge is 0.267 e. The second-order valence-corrected chi connectivity index (χ2v) is 8.17. The van der Waals surface area contributed by atoms with Crippen molar-refractivity contribution in [3.63, 3.8) is 0 Å². The minimum Gasteiger partial charge on any atom is -0.479 e. The Labute approximate surface area is 172 Å². The number of fused-ring (bicyclic) bond motifs is 1.